The number of ether oxygens (including phenoxy) is 1. The van der Waals surface area contributed by atoms with Crippen molar-refractivity contribution in [2.75, 3.05) is 50.8 Å². The number of likely N-dealkylation sites (N-methyl/N-ethyl adjacent to an activating group) is 1. The van der Waals surface area contributed by atoms with Crippen LogP contribution in [0.25, 0.3) is 0 Å². The highest BCUT2D eigenvalue weighted by atomic mass is 16.5. The van der Waals surface area contributed by atoms with Crippen LogP contribution in [0.2, 0.25) is 0 Å². The number of carbonyl (C=O) groups is 3. The highest BCUT2D eigenvalue weighted by Gasteiger charge is 2.52. The summed E-state index contributed by atoms with van der Waals surface area (Å²) < 4.78 is 5.57. The maximum Gasteiger partial charge on any atom is 0.251 e. The number of nitrogens with two attached hydrogens (primary N) is 1. The van der Waals surface area contributed by atoms with E-state index in [-0.39, 0.29) is 42.7 Å². The van der Waals surface area contributed by atoms with Crippen LogP contribution in [0.3, 0.4) is 0 Å². The molecular weight excluding hydrogens is 458 g/mol. The lowest BCUT2D eigenvalue weighted by Gasteiger charge is -2.35. The lowest BCUT2D eigenvalue weighted by molar-refractivity contribution is -0.139. The first-order chi connectivity index (χ1) is 17.5. The maximum atomic E-state index is 13.8. The molecule has 0 aromatic heterocycles. The van der Waals surface area contributed by atoms with Crippen molar-refractivity contribution in [1.29, 1.82) is 0 Å². The summed E-state index contributed by atoms with van der Waals surface area (Å²) in [6.45, 7) is 7.55. The molecule has 3 heterocycles. The number of benzene rings is 1. The summed E-state index contributed by atoms with van der Waals surface area (Å²) in [7, 11) is 0. The van der Waals surface area contributed by atoms with Gasteiger partial charge in [0, 0.05) is 44.0 Å². The number of hydrogen-bond donors (Lipinski definition) is 2. The van der Waals surface area contributed by atoms with Gasteiger partial charge in [0.2, 0.25) is 5.91 Å². The third kappa shape index (κ3) is 5.01. The summed E-state index contributed by atoms with van der Waals surface area (Å²) in [4.78, 5) is 46.0. The van der Waals surface area contributed by atoms with Crippen molar-refractivity contribution in [3.05, 3.63) is 29.8 Å². The van der Waals surface area contributed by atoms with Gasteiger partial charge in [0.15, 0.2) is 5.78 Å². The monoisotopic (exact) mass is 497 g/mol. The number of fused-ring (bicyclic) bond motifs is 1. The number of anilines is 1. The minimum absolute atomic E-state index is 0.00684. The Kier molecular flexibility index (Phi) is 7.60. The van der Waals surface area contributed by atoms with Gasteiger partial charge in [-0.25, -0.2) is 0 Å². The fraction of sp³-hybridized carbons (Fsp3) is 0.667. The number of piperazine rings is 1. The Morgan fingerprint density at radius 2 is 1.78 bits per heavy atom. The molecule has 1 saturated carbocycles. The normalized spacial score (nSPS) is 28.3. The highest BCUT2D eigenvalue weighted by Crippen LogP contribution is 2.32. The average molecular weight is 498 g/mol. The van der Waals surface area contributed by atoms with Gasteiger partial charge in [-0.2, -0.15) is 0 Å². The minimum Gasteiger partial charge on any atom is -0.369 e. The molecule has 1 aromatic rings. The van der Waals surface area contributed by atoms with Gasteiger partial charge in [0.25, 0.3) is 5.91 Å². The van der Waals surface area contributed by atoms with E-state index >= 15 is 0 Å². The Morgan fingerprint density at radius 3 is 2.44 bits per heavy atom. The predicted octanol–water partition coefficient (Wildman–Crippen LogP) is 1.01. The van der Waals surface area contributed by atoms with Crippen molar-refractivity contribution in [2.24, 2.45) is 11.7 Å². The fourth-order valence-electron chi connectivity index (χ4n) is 6.32. The first-order valence-electron chi connectivity index (χ1n) is 13.5. The van der Waals surface area contributed by atoms with E-state index in [0.29, 0.717) is 5.56 Å². The van der Waals surface area contributed by atoms with Crippen molar-refractivity contribution in [3.63, 3.8) is 0 Å². The smallest absolute Gasteiger partial charge is 0.251 e. The van der Waals surface area contributed by atoms with Gasteiger partial charge < -0.3 is 30.5 Å². The number of nitrogens with zero attached hydrogens (tertiary/aromatic N) is 3. The second kappa shape index (κ2) is 10.9. The molecule has 0 radical (unpaired) electrons. The van der Waals surface area contributed by atoms with Crippen LogP contribution >= 0.6 is 0 Å². The van der Waals surface area contributed by atoms with Crippen molar-refractivity contribution < 1.29 is 19.1 Å². The fourth-order valence-corrected chi connectivity index (χ4v) is 6.32. The molecular formula is C27H39N5O4. The molecule has 5 rings (SSSR count). The lowest BCUT2D eigenvalue weighted by atomic mass is 9.83. The number of nitrogens with one attached hydrogen (secondary N) is 1. The van der Waals surface area contributed by atoms with Gasteiger partial charge >= 0.3 is 0 Å². The number of carbonyl (C=O) groups excluding carboxylic acids is 3. The molecule has 1 aromatic carbocycles. The van der Waals surface area contributed by atoms with Crippen LogP contribution < -0.4 is 16.0 Å². The molecule has 0 unspecified atom stereocenters. The van der Waals surface area contributed by atoms with Gasteiger partial charge in [-0.05, 0) is 49.6 Å². The first-order valence-corrected chi connectivity index (χ1v) is 13.5. The molecule has 9 heteroatoms. The van der Waals surface area contributed by atoms with E-state index in [1.54, 1.807) is 4.90 Å². The second-order valence-electron chi connectivity index (χ2n) is 10.7. The van der Waals surface area contributed by atoms with Crippen LogP contribution in [0, 0.1) is 5.92 Å². The zero-order chi connectivity index (χ0) is 25.2. The Hall–Kier alpha value is -2.49. The van der Waals surface area contributed by atoms with E-state index in [1.165, 1.54) is 0 Å². The molecule has 3 N–H and O–H groups in total. The molecule has 3 saturated heterocycles. The van der Waals surface area contributed by atoms with Crippen molar-refractivity contribution in [3.8, 4) is 0 Å². The lowest BCUT2D eigenvalue weighted by Crippen LogP contribution is -2.55. The SMILES string of the molecule is CCN1CCN(c2ccc(C(=O)N[C@H](C(=O)N3C[C@H](N)[C@H]4OCC(=O)[C@H]43)C3CCCCC3)cc2)CC1. The molecule has 196 valence electrons. The summed E-state index contributed by atoms with van der Waals surface area (Å²) in [5, 5.41) is 3.06. The Morgan fingerprint density at radius 1 is 1.08 bits per heavy atom. The summed E-state index contributed by atoms with van der Waals surface area (Å²) in [6.07, 6.45) is 4.55. The predicted molar refractivity (Wildman–Crippen MR) is 137 cm³/mol. The largest absolute Gasteiger partial charge is 0.369 e. The Labute approximate surface area is 213 Å². The first kappa shape index (κ1) is 25.2. The van der Waals surface area contributed by atoms with Gasteiger partial charge in [-0.1, -0.05) is 26.2 Å². The van der Waals surface area contributed by atoms with Crippen molar-refractivity contribution in [1.82, 2.24) is 15.1 Å². The minimum atomic E-state index is -0.668. The summed E-state index contributed by atoms with van der Waals surface area (Å²) in [6, 6.07) is 5.98. The van der Waals surface area contributed by atoms with Crippen LogP contribution in [0.15, 0.2) is 24.3 Å². The van der Waals surface area contributed by atoms with Crippen molar-refractivity contribution in [2.45, 2.75) is 63.3 Å². The molecule has 36 heavy (non-hydrogen) atoms. The van der Waals surface area contributed by atoms with Gasteiger partial charge in [0.05, 0.1) is 6.04 Å². The third-order valence-electron chi connectivity index (χ3n) is 8.50. The molecule has 1 aliphatic carbocycles. The van der Waals surface area contributed by atoms with E-state index in [9.17, 15) is 14.4 Å². The summed E-state index contributed by atoms with van der Waals surface area (Å²) in [5.74, 6) is -0.514. The highest BCUT2D eigenvalue weighted by molar-refractivity contribution is 5.99. The van der Waals surface area contributed by atoms with Gasteiger partial charge in [0.1, 0.15) is 24.8 Å². The average Bonchev–Trinajstić information content (AvgIpc) is 3.47. The quantitative estimate of drug-likeness (QED) is 0.604. The van der Waals surface area contributed by atoms with Crippen LogP contribution in [-0.2, 0) is 14.3 Å². The number of Topliss-reactive ketones (excluding diaryl/α,β-unsaturated/α-hetero) is 1. The Bertz CT molecular complexity index is 955. The molecule has 3 aliphatic heterocycles. The van der Waals surface area contributed by atoms with E-state index in [0.717, 1.165) is 70.5 Å². The number of rotatable bonds is 6. The topological polar surface area (TPSA) is 108 Å². The third-order valence-corrected chi connectivity index (χ3v) is 8.50. The van der Waals surface area contributed by atoms with Crippen LogP contribution in [0.1, 0.15) is 49.4 Å². The van der Waals surface area contributed by atoms with Gasteiger partial charge in [-0.15, -0.1) is 0 Å². The van der Waals surface area contributed by atoms with Crippen LogP contribution in [0.4, 0.5) is 5.69 Å². The van der Waals surface area contributed by atoms with E-state index in [4.69, 9.17) is 10.5 Å². The van der Waals surface area contributed by atoms with E-state index in [1.807, 2.05) is 24.3 Å². The number of amides is 2. The van der Waals surface area contributed by atoms with Crippen molar-refractivity contribution >= 4 is 23.3 Å². The second-order valence-corrected chi connectivity index (χ2v) is 10.7. The zero-order valence-electron chi connectivity index (χ0n) is 21.2. The molecule has 4 fully saturated rings. The summed E-state index contributed by atoms with van der Waals surface area (Å²) in [5.41, 5.74) is 7.86. The molecule has 4 aliphatic rings. The molecule has 0 bridgehead atoms. The molecule has 2 amide bonds. The van der Waals surface area contributed by atoms with Gasteiger partial charge in [-0.3, -0.25) is 14.4 Å². The standard InChI is InChI=1S/C27H39N5O4/c1-2-30-12-14-31(15-13-30)20-10-8-19(9-11-20)26(34)29-23(18-6-4-3-5-7-18)27(35)32-16-21(28)25-24(32)22(33)17-36-25/h8-11,18,21,23-25H,2-7,12-17,28H2,1H3,(H,29,34)/t21-,23-,24+,25+/m0/s1. The maximum absolute atomic E-state index is 13.8. The van der Waals surface area contributed by atoms with E-state index in [2.05, 4.69) is 22.0 Å². The summed E-state index contributed by atoms with van der Waals surface area (Å²) >= 11 is 0. The number of likely N-dealkylation sites (tertiary alicyclic amines) is 1. The molecule has 0 spiro atoms. The number of ketones is 1. The van der Waals surface area contributed by atoms with Crippen LogP contribution in [0.5, 0.6) is 0 Å². The molecule has 4 atom stereocenters. The van der Waals surface area contributed by atoms with Crippen LogP contribution in [-0.4, -0.2) is 97.5 Å². The zero-order valence-corrected chi connectivity index (χ0v) is 21.2. The van der Waals surface area contributed by atoms with E-state index < -0.39 is 18.2 Å². The number of hydrogen-bond acceptors (Lipinski definition) is 7. The Balaban J connectivity index is 1.29. The molecule has 9 nitrogen and oxygen atoms in total.